The first-order valence-corrected chi connectivity index (χ1v) is 5.98. The molecular weight excluding hydrogens is 276 g/mol. The summed E-state index contributed by atoms with van der Waals surface area (Å²) in [5.74, 6) is -2.92. The van der Waals surface area contributed by atoms with Crippen molar-refractivity contribution in [3.63, 3.8) is 0 Å². The van der Waals surface area contributed by atoms with Gasteiger partial charge in [-0.1, -0.05) is 30.3 Å². The topological polar surface area (TPSA) is 134 Å². The minimum Gasteiger partial charge on any atom is -0.476 e. The average molecular weight is 288 g/mol. The highest BCUT2D eigenvalue weighted by atomic mass is 16.4. The average Bonchev–Trinajstić information content (AvgIpc) is 2.94. The third-order valence-corrected chi connectivity index (χ3v) is 2.79. The summed E-state index contributed by atoms with van der Waals surface area (Å²) in [6.45, 7) is -0.128. The summed E-state index contributed by atoms with van der Waals surface area (Å²) in [4.78, 5) is 41.8. The number of nitrogens with two attached hydrogens (primary N) is 1. The highest BCUT2D eigenvalue weighted by Gasteiger charge is 2.30. The molecule has 1 aromatic rings. The number of carbonyl (C=O) groups is 3. The van der Waals surface area contributed by atoms with Gasteiger partial charge in [0.1, 0.15) is 12.7 Å². The zero-order valence-electron chi connectivity index (χ0n) is 10.8. The fourth-order valence-electron chi connectivity index (χ4n) is 1.84. The zero-order valence-corrected chi connectivity index (χ0v) is 10.8. The fourth-order valence-corrected chi connectivity index (χ4v) is 1.84. The minimum atomic E-state index is -1.35. The number of primary amides is 1. The Morgan fingerprint density at radius 1 is 1.14 bits per heavy atom. The van der Waals surface area contributed by atoms with Crippen LogP contribution in [-0.2, 0) is 14.4 Å². The van der Waals surface area contributed by atoms with Gasteiger partial charge in [-0.3, -0.25) is 19.6 Å². The molecule has 108 valence electrons. The molecule has 4 N–H and O–H groups in total. The number of nitrogens with zero attached hydrogens (tertiary/aromatic N) is 2. The van der Waals surface area contributed by atoms with Crippen molar-refractivity contribution < 1.29 is 19.5 Å². The van der Waals surface area contributed by atoms with Gasteiger partial charge < -0.3 is 16.2 Å². The molecule has 0 radical (unpaired) electrons. The molecule has 8 nitrogen and oxygen atoms in total. The molecular formula is C13H12N4O4. The van der Waals surface area contributed by atoms with Crippen LogP contribution in [0.3, 0.4) is 0 Å². The van der Waals surface area contributed by atoms with Crippen molar-refractivity contribution in [1.82, 2.24) is 5.32 Å². The Balaban J connectivity index is 2.19. The van der Waals surface area contributed by atoms with Crippen molar-refractivity contribution in [1.29, 1.82) is 0 Å². The Morgan fingerprint density at radius 3 is 2.33 bits per heavy atom. The molecule has 1 atom stereocenters. The van der Waals surface area contributed by atoms with Crippen LogP contribution in [0.5, 0.6) is 0 Å². The van der Waals surface area contributed by atoms with Gasteiger partial charge in [-0.05, 0) is 5.56 Å². The van der Waals surface area contributed by atoms with Gasteiger partial charge in [-0.25, -0.2) is 4.79 Å². The third-order valence-electron chi connectivity index (χ3n) is 2.79. The summed E-state index contributed by atoms with van der Waals surface area (Å²) in [6, 6.07) is 7.30. The van der Waals surface area contributed by atoms with Crippen LogP contribution in [0.2, 0.25) is 0 Å². The van der Waals surface area contributed by atoms with Crippen LogP contribution < -0.4 is 11.1 Å². The summed E-state index contributed by atoms with van der Waals surface area (Å²) in [5.41, 5.74) is 5.02. The first-order valence-electron chi connectivity index (χ1n) is 5.98. The number of benzene rings is 1. The molecule has 21 heavy (non-hydrogen) atoms. The Labute approximate surface area is 119 Å². The van der Waals surface area contributed by atoms with Gasteiger partial charge in [0.2, 0.25) is 5.91 Å². The lowest BCUT2D eigenvalue weighted by Crippen LogP contribution is -2.43. The number of carbonyl (C=O) groups excluding carboxylic acids is 2. The number of carboxylic acid groups (broad SMARTS) is 1. The molecule has 0 saturated carbocycles. The second kappa shape index (κ2) is 5.95. The van der Waals surface area contributed by atoms with Crippen LogP contribution in [-0.4, -0.2) is 41.0 Å². The Morgan fingerprint density at radius 2 is 1.76 bits per heavy atom. The van der Waals surface area contributed by atoms with Crippen molar-refractivity contribution in [2.24, 2.45) is 15.7 Å². The van der Waals surface area contributed by atoms with Crippen LogP contribution in [0.25, 0.3) is 0 Å². The van der Waals surface area contributed by atoms with E-state index >= 15 is 0 Å². The van der Waals surface area contributed by atoms with Gasteiger partial charge in [0.15, 0.2) is 11.4 Å². The molecule has 0 saturated heterocycles. The van der Waals surface area contributed by atoms with E-state index < -0.39 is 29.5 Å². The second-order valence-electron chi connectivity index (χ2n) is 4.18. The third kappa shape index (κ3) is 3.11. The SMILES string of the molecule is NC(=O)[C@H](NC(=O)C1=NCN=C1C(=O)O)c1ccccc1. The summed E-state index contributed by atoms with van der Waals surface area (Å²) in [7, 11) is 0. The van der Waals surface area contributed by atoms with Crippen LogP contribution in [0.4, 0.5) is 0 Å². The number of rotatable bonds is 5. The first-order chi connectivity index (χ1) is 10.0. The van der Waals surface area contributed by atoms with Crippen molar-refractivity contribution in [2.45, 2.75) is 6.04 Å². The van der Waals surface area contributed by atoms with Crippen LogP contribution in [0.15, 0.2) is 40.3 Å². The number of nitrogens with one attached hydrogen (secondary N) is 1. The molecule has 1 aliphatic rings. The quantitative estimate of drug-likeness (QED) is 0.658. The summed E-state index contributed by atoms with van der Waals surface area (Å²) >= 11 is 0. The predicted octanol–water partition coefficient (Wildman–Crippen LogP) is -0.733. The van der Waals surface area contributed by atoms with Crippen molar-refractivity contribution in [3.8, 4) is 0 Å². The summed E-state index contributed by atoms with van der Waals surface area (Å²) in [5, 5.41) is 11.3. The number of aliphatic carboxylic acids is 1. The van der Waals surface area contributed by atoms with Crippen LogP contribution >= 0.6 is 0 Å². The van der Waals surface area contributed by atoms with Crippen LogP contribution in [0.1, 0.15) is 11.6 Å². The highest BCUT2D eigenvalue weighted by molar-refractivity contribution is 6.80. The molecule has 2 rings (SSSR count). The van der Waals surface area contributed by atoms with Crippen molar-refractivity contribution in [2.75, 3.05) is 6.67 Å². The Bertz CT molecular complexity index is 651. The van der Waals surface area contributed by atoms with E-state index in [1.807, 2.05) is 0 Å². The van der Waals surface area contributed by atoms with Gasteiger partial charge in [0.05, 0.1) is 0 Å². The van der Waals surface area contributed by atoms with Crippen LogP contribution in [0, 0.1) is 0 Å². The van der Waals surface area contributed by atoms with E-state index in [1.54, 1.807) is 30.3 Å². The lowest BCUT2D eigenvalue weighted by molar-refractivity contribution is -0.129. The number of amides is 2. The molecule has 0 aliphatic carbocycles. The molecule has 1 aromatic carbocycles. The van der Waals surface area contributed by atoms with E-state index in [4.69, 9.17) is 10.8 Å². The van der Waals surface area contributed by atoms with E-state index in [0.717, 1.165) is 0 Å². The number of hydrogen-bond acceptors (Lipinski definition) is 5. The van der Waals surface area contributed by atoms with E-state index in [-0.39, 0.29) is 12.4 Å². The highest BCUT2D eigenvalue weighted by Crippen LogP contribution is 2.12. The van der Waals surface area contributed by atoms with E-state index in [2.05, 4.69) is 15.3 Å². The smallest absolute Gasteiger partial charge is 0.356 e. The molecule has 2 amide bonds. The van der Waals surface area contributed by atoms with Gasteiger partial charge >= 0.3 is 5.97 Å². The molecule has 0 unspecified atom stereocenters. The maximum atomic E-state index is 12.1. The van der Waals surface area contributed by atoms with Gasteiger partial charge in [0, 0.05) is 0 Å². The molecule has 8 heteroatoms. The van der Waals surface area contributed by atoms with Gasteiger partial charge in [-0.15, -0.1) is 0 Å². The molecule has 0 bridgehead atoms. The van der Waals surface area contributed by atoms with Gasteiger partial charge in [-0.2, -0.15) is 0 Å². The lowest BCUT2D eigenvalue weighted by atomic mass is 10.1. The van der Waals surface area contributed by atoms with Crippen molar-refractivity contribution >= 4 is 29.2 Å². The lowest BCUT2D eigenvalue weighted by Gasteiger charge is -2.15. The molecule has 1 heterocycles. The zero-order chi connectivity index (χ0) is 15.4. The second-order valence-corrected chi connectivity index (χ2v) is 4.18. The van der Waals surface area contributed by atoms with Crippen molar-refractivity contribution in [3.05, 3.63) is 35.9 Å². The summed E-state index contributed by atoms with van der Waals surface area (Å²) in [6.07, 6.45) is 0. The monoisotopic (exact) mass is 288 g/mol. The first kappa shape index (κ1) is 14.4. The predicted molar refractivity (Wildman–Crippen MR) is 73.9 cm³/mol. The molecule has 1 aliphatic heterocycles. The van der Waals surface area contributed by atoms with Gasteiger partial charge in [0.25, 0.3) is 5.91 Å². The van der Waals surface area contributed by atoms with E-state index in [0.29, 0.717) is 5.56 Å². The fraction of sp³-hybridized carbons (Fsp3) is 0.154. The summed E-state index contributed by atoms with van der Waals surface area (Å²) < 4.78 is 0. The Kier molecular flexibility index (Phi) is 4.07. The maximum Gasteiger partial charge on any atom is 0.356 e. The van der Waals surface area contributed by atoms with E-state index in [9.17, 15) is 14.4 Å². The largest absolute Gasteiger partial charge is 0.476 e. The standard InChI is InChI=1S/C13H12N4O4/c14-11(18)8(7-4-2-1-3-5-7)17-12(19)9-10(13(20)21)16-6-15-9/h1-5,8H,6H2,(H2,14,18)(H,17,19)(H,20,21)/t8-/m1/s1. The maximum absolute atomic E-state index is 12.1. The Hall–Kier alpha value is -3.03. The number of aliphatic imine (C=N–C) groups is 2. The van der Waals surface area contributed by atoms with E-state index in [1.165, 1.54) is 0 Å². The normalized spacial score (nSPS) is 14.9. The molecule has 0 fully saturated rings. The number of carboxylic acids is 1. The molecule has 0 aromatic heterocycles. The minimum absolute atomic E-state index is 0.128. The molecule has 0 spiro atoms. The number of hydrogen-bond donors (Lipinski definition) is 3.